The summed E-state index contributed by atoms with van der Waals surface area (Å²) in [6.07, 6.45) is 3.53. The summed E-state index contributed by atoms with van der Waals surface area (Å²) < 4.78 is 27.5. The van der Waals surface area contributed by atoms with Crippen molar-refractivity contribution in [2.45, 2.75) is 57.0 Å². The van der Waals surface area contributed by atoms with E-state index in [0.717, 1.165) is 11.1 Å². The van der Waals surface area contributed by atoms with Crippen LogP contribution in [0.5, 0.6) is 0 Å². The topological polar surface area (TPSA) is 57.7 Å². The van der Waals surface area contributed by atoms with Crippen molar-refractivity contribution >= 4 is 15.9 Å². The van der Waals surface area contributed by atoms with Crippen molar-refractivity contribution in [1.29, 1.82) is 0 Å². The van der Waals surface area contributed by atoms with Crippen LogP contribution < -0.4 is 0 Å². The number of nitrogens with zero attached hydrogens (tertiary/aromatic N) is 2. The number of benzene rings is 2. The maximum absolute atomic E-state index is 13.5. The van der Waals surface area contributed by atoms with Crippen LogP contribution in [0.15, 0.2) is 59.5 Å². The first-order valence-electron chi connectivity index (χ1n) is 11.3. The van der Waals surface area contributed by atoms with Crippen LogP contribution in [0.1, 0.15) is 43.7 Å². The van der Waals surface area contributed by atoms with Crippen molar-refractivity contribution in [3.63, 3.8) is 0 Å². The van der Waals surface area contributed by atoms with Crippen LogP contribution in [0.2, 0.25) is 0 Å². The third kappa shape index (κ3) is 5.01. The van der Waals surface area contributed by atoms with E-state index in [-0.39, 0.29) is 17.9 Å². The molecule has 0 aromatic heterocycles. The van der Waals surface area contributed by atoms with Crippen molar-refractivity contribution in [2.24, 2.45) is 11.8 Å². The van der Waals surface area contributed by atoms with Gasteiger partial charge in [-0.05, 0) is 63.1 Å². The molecule has 1 saturated carbocycles. The molecule has 0 bridgehead atoms. The summed E-state index contributed by atoms with van der Waals surface area (Å²) in [4.78, 5) is 15.9. The van der Waals surface area contributed by atoms with Crippen LogP contribution in [0, 0.1) is 18.8 Å². The molecule has 5 nitrogen and oxygen atoms in total. The van der Waals surface area contributed by atoms with Crippen LogP contribution in [-0.2, 0) is 21.4 Å². The Morgan fingerprint density at radius 3 is 2.19 bits per heavy atom. The van der Waals surface area contributed by atoms with E-state index in [2.05, 4.69) is 19.1 Å². The zero-order valence-electron chi connectivity index (χ0n) is 18.4. The van der Waals surface area contributed by atoms with E-state index < -0.39 is 10.0 Å². The summed E-state index contributed by atoms with van der Waals surface area (Å²) >= 11 is 0. The maximum Gasteiger partial charge on any atom is 0.243 e. The molecule has 166 valence electrons. The van der Waals surface area contributed by atoms with E-state index in [1.807, 2.05) is 42.2 Å². The monoisotopic (exact) mass is 440 g/mol. The average molecular weight is 441 g/mol. The van der Waals surface area contributed by atoms with Crippen molar-refractivity contribution in [3.8, 4) is 0 Å². The fraction of sp³-hybridized carbons (Fsp3) is 0.480. The lowest BCUT2D eigenvalue weighted by molar-refractivity contribution is -0.140. The molecule has 6 heteroatoms. The van der Waals surface area contributed by atoms with E-state index in [0.29, 0.717) is 43.3 Å². The van der Waals surface area contributed by atoms with E-state index in [9.17, 15) is 13.2 Å². The normalized spacial score (nSPS) is 19.2. The molecule has 2 fully saturated rings. The van der Waals surface area contributed by atoms with E-state index >= 15 is 0 Å². The first-order valence-corrected chi connectivity index (χ1v) is 12.7. The van der Waals surface area contributed by atoms with Gasteiger partial charge in [-0.25, -0.2) is 8.42 Å². The minimum absolute atomic E-state index is 0.116. The van der Waals surface area contributed by atoms with Gasteiger partial charge in [-0.3, -0.25) is 4.79 Å². The van der Waals surface area contributed by atoms with Crippen molar-refractivity contribution in [1.82, 2.24) is 9.21 Å². The summed E-state index contributed by atoms with van der Waals surface area (Å²) in [6.45, 7) is 5.51. The predicted octanol–water partition coefficient (Wildman–Crippen LogP) is 4.22. The number of piperidine rings is 1. The van der Waals surface area contributed by atoms with Gasteiger partial charge in [-0.1, -0.05) is 48.0 Å². The molecule has 4 rings (SSSR count). The van der Waals surface area contributed by atoms with Crippen LogP contribution in [0.25, 0.3) is 0 Å². The largest absolute Gasteiger partial charge is 0.335 e. The number of rotatable bonds is 7. The highest BCUT2D eigenvalue weighted by molar-refractivity contribution is 7.89. The molecule has 0 spiro atoms. The highest BCUT2D eigenvalue weighted by Gasteiger charge is 2.38. The second kappa shape index (κ2) is 9.13. The van der Waals surface area contributed by atoms with Gasteiger partial charge in [0, 0.05) is 31.6 Å². The lowest BCUT2D eigenvalue weighted by Gasteiger charge is -2.36. The number of hydrogen-bond acceptors (Lipinski definition) is 3. The summed E-state index contributed by atoms with van der Waals surface area (Å²) in [6, 6.07) is 17.3. The molecule has 1 aliphatic heterocycles. The Morgan fingerprint density at radius 1 is 1.00 bits per heavy atom. The van der Waals surface area contributed by atoms with Crippen molar-refractivity contribution < 1.29 is 13.2 Å². The van der Waals surface area contributed by atoms with Gasteiger partial charge in [0.05, 0.1) is 4.90 Å². The standard InChI is InChI=1S/C25H32N2O3S/c1-19-8-12-24(13-9-19)31(29,30)26-16-14-23(15-17-26)25(28)27(20(2)22-10-11-22)18-21-6-4-3-5-7-21/h3-9,12-13,20,22-23H,10-11,14-18H2,1-2H3/t20-/m0/s1. The van der Waals surface area contributed by atoms with E-state index in [4.69, 9.17) is 0 Å². The molecule has 0 unspecified atom stereocenters. The molecular formula is C25H32N2O3S. The number of carbonyl (C=O) groups is 1. The van der Waals surface area contributed by atoms with Gasteiger partial charge in [0.25, 0.3) is 0 Å². The Kier molecular flexibility index (Phi) is 6.49. The summed E-state index contributed by atoms with van der Waals surface area (Å²) in [7, 11) is -3.51. The van der Waals surface area contributed by atoms with Gasteiger partial charge >= 0.3 is 0 Å². The molecule has 31 heavy (non-hydrogen) atoms. The van der Waals surface area contributed by atoms with Crippen LogP contribution in [0.4, 0.5) is 0 Å². The Balaban J connectivity index is 1.43. The molecule has 1 amide bonds. The van der Waals surface area contributed by atoms with E-state index in [1.54, 1.807) is 12.1 Å². The minimum atomic E-state index is -3.51. The Morgan fingerprint density at radius 2 is 1.61 bits per heavy atom. The summed E-state index contributed by atoms with van der Waals surface area (Å²) in [5.41, 5.74) is 2.18. The van der Waals surface area contributed by atoms with Gasteiger partial charge in [0.2, 0.25) is 15.9 Å². The third-order valence-corrected chi connectivity index (χ3v) is 8.65. The lowest BCUT2D eigenvalue weighted by Crippen LogP contribution is -2.47. The molecule has 0 radical (unpaired) electrons. The Labute approximate surface area is 186 Å². The second-order valence-electron chi connectivity index (χ2n) is 9.02. The quantitative estimate of drug-likeness (QED) is 0.648. The smallest absolute Gasteiger partial charge is 0.243 e. The molecule has 2 aliphatic rings. The van der Waals surface area contributed by atoms with Gasteiger partial charge in [-0.2, -0.15) is 4.31 Å². The molecule has 0 N–H and O–H groups in total. The van der Waals surface area contributed by atoms with Crippen molar-refractivity contribution in [2.75, 3.05) is 13.1 Å². The molecule has 2 aromatic carbocycles. The van der Waals surface area contributed by atoms with Gasteiger partial charge in [0.1, 0.15) is 0 Å². The Hall–Kier alpha value is -2.18. The van der Waals surface area contributed by atoms with Gasteiger partial charge in [0.15, 0.2) is 0 Å². The molecule has 1 heterocycles. The van der Waals surface area contributed by atoms with Crippen molar-refractivity contribution in [3.05, 3.63) is 65.7 Å². The molecule has 2 aromatic rings. The van der Waals surface area contributed by atoms with Crippen LogP contribution >= 0.6 is 0 Å². The lowest BCUT2D eigenvalue weighted by atomic mass is 9.95. The SMILES string of the molecule is Cc1ccc(S(=O)(=O)N2CCC(C(=O)N(Cc3ccccc3)[C@@H](C)C3CC3)CC2)cc1. The number of aryl methyl sites for hydroxylation is 1. The molecule has 1 atom stereocenters. The highest BCUT2D eigenvalue weighted by atomic mass is 32.2. The maximum atomic E-state index is 13.5. The molecule has 1 saturated heterocycles. The van der Waals surface area contributed by atoms with Gasteiger partial charge < -0.3 is 4.90 Å². The zero-order valence-corrected chi connectivity index (χ0v) is 19.2. The number of carbonyl (C=O) groups excluding carboxylic acids is 1. The summed E-state index contributed by atoms with van der Waals surface area (Å²) in [5, 5.41) is 0. The van der Waals surface area contributed by atoms with Crippen LogP contribution in [-0.4, -0.2) is 42.7 Å². The van der Waals surface area contributed by atoms with Crippen LogP contribution in [0.3, 0.4) is 0 Å². The fourth-order valence-electron chi connectivity index (χ4n) is 4.47. The first-order chi connectivity index (χ1) is 14.9. The predicted molar refractivity (Wildman–Crippen MR) is 122 cm³/mol. The number of amides is 1. The van der Waals surface area contributed by atoms with Gasteiger partial charge in [-0.15, -0.1) is 0 Å². The summed E-state index contributed by atoms with van der Waals surface area (Å²) in [5.74, 6) is 0.652. The zero-order chi connectivity index (χ0) is 22.0. The molecular weight excluding hydrogens is 408 g/mol. The average Bonchev–Trinajstić information content (AvgIpc) is 3.63. The third-order valence-electron chi connectivity index (χ3n) is 6.74. The second-order valence-corrected chi connectivity index (χ2v) is 11.0. The fourth-order valence-corrected chi connectivity index (χ4v) is 5.94. The first kappa shape index (κ1) is 22.0. The number of hydrogen-bond donors (Lipinski definition) is 0. The highest BCUT2D eigenvalue weighted by Crippen LogP contribution is 2.37. The Bertz CT molecular complexity index is 993. The minimum Gasteiger partial charge on any atom is -0.335 e. The number of sulfonamides is 1. The molecule has 1 aliphatic carbocycles. The van der Waals surface area contributed by atoms with E-state index in [1.165, 1.54) is 17.1 Å².